The van der Waals surface area contributed by atoms with Crippen LogP contribution in [-0.4, -0.2) is 56.2 Å². The fourth-order valence-electron chi connectivity index (χ4n) is 3.51. The summed E-state index contributed by atoms with van der Waals surface area (Å²) >= 11 is 0. The first-order valence-electron chi connectivity index (χ1n) is 7.88. The van der Waals surface area contributed by atoms with Crippen LogP contribution in [0.3, 0.4) is 0 Å². The van der Waals surface area contributed by atoms with Gasteiger partial charge in [0.25, 0.3) is 0 Å². The summed E-state index contributed by atoms with van der Waals surface area (Å²) in [5.74, 6) is -1.22. The van der Waals surface area contributed by atoms with Gasteiger partial charge in [0.05, 0.1) is 32.0 Å². The first-order valence-corrected chi connectivity index (χ1v) is 9.54. The lowest BCUT2D eigenvalue weighted by molar-refractivity contribution is -0.142. The summed E-state index contributed by atoms with van der Waals surface area (Å²) in [6.07, 6.45) is 0.898. The molecule has 0 N–H and O–H groups in total. The van der Waals surface area contributed by atoms with Crippen molar-refractivity contribution in [1.29, 1.82) is 0 Å². The number of methoxy groups -OCH3 is 2. The number of carbonyl (C=O) groups is 3. The zero-order valence-electron chi connectivity index (χ0n) is 14.7. The molecule has 0 spiro atoms. The maximum Gasteiger partial charge on any atom is 0.335 e. The zero-order chi connectivity index (χ0) is 18.0. The molecule has 2 rings (SSSR count). The number of hydrogen-bond acceptors (Lipinski definition) is 6. The molecule has 2 aliphatic rings. The Balaban J connectivity index is 2.34. The lowest BCUT2D eigenvalue weighted by Gasteiger charge is -2.19. The van der Waals surface area contributed by atoms with Crippen LogP contribution in [0.1, 0.15) is 27.2 Å². The lowest BCUT2D eigenvalue weighted by Crippen LogP contribution is -2.24. The average Bonchev–Trinajstić information content (AvgIpc) is 3.02. The standard InChI is InChI=1S/C17H23O6P/c1-6-23-11(18)7-8-24-14-9(2)10(3)15(24)13(17(20)22-5)12(14)16(19)21-4/h14-15H,6-8H2,1-5H3. The lowest BCUT2D eigenvalue weighted by atomic mass is 9.87. The molecule has 0 saturated carbocycles. The topological polar surface area (TPSA) is 78.9 Å². The Labute approximate surface area is 143 Å². The van der Waals surface area contributed by atoms with Gasteiger partial charge in [-0.15, -0.1) is 0 Å². The summed E-state index contributed by atoms with van der Waals surface area (Å²) < 4.78 is 14.8. The first kappa shape index (κ1) is 18.7. The summed E-state index contributed by atoms with van der Waals surface area (Å²) in [6.45, 7) is 6.08. The number of carbonyl (C=O) groups excluding carboxylic acids is 3. The molecule has 0 fully saturated rings. The second kappa shape index (κ2) is 7.47. The maximum absolute atomic E-state index is 12.3. The number of fused-ring (bicyclic) bond motifs is 2. The molecule has 0 aromatic rings. The minimum absolute atomic E-state index is 0.138. The number of esters is 3. The Bertz CT molecular complexity index is 591. The monoisotopic (exact) mass is 354 g/mol. The molecule has 0 aromatic heterocycles. The van der Waals surface area contributed by atoms with Gasteiger partial charge in [0, 0.05) is 17.7 Å². The van der Waals surface area contributed by atoms with Crippen molar-refractivity contribution >= 4 is 25.8 Å². The third kappa shape index (κ3) is 3.00. The Morgan fingerprint density at radius 2 is 1.42 bits per heavy atom. The van der Waals surface area contributed by atoms with E-state index in [9.17, 15) is 14.4 Å². The average molecular weight is 354 g/mol. The summed E-state index contributed by atoms with van der Waals surface area (Å²) in [4.78, 5) is 36.3. The van der Waals surface area contributed by atoms with Crippen LogP contribution in [0.4, 0.5) is 0 Å². The molecule has 2 unspecified atom stereocenters. The van der Waals surface area contributed by atoms with Gasteiger partial charge in [0.2, 0.25) is 0 Å². The molecule has 7 heteroatoms. The highest BCUT2D eigenvalue weighted by atomic mass is 31.1. The highest BCUT2D eigenvalue weighted by Gasteiger charge is 2.54. The number of hydrogen-bond donors (Lipinski definition) is 0. The molecule has 0 saturated heterocycles. The van der Waals surface area contributed by atoms with E-state index in [1.54, 1.807) is 6.92 Å². The van der Waals surface area contributed by atoms with Gasteiger partial charge in [0.1, 0.15) is 0 Å². The molecular formula is C17H23O6P. The molecule has 132 valence electrons. The predicted octanol–water partition coefficient (Wildman–Crippen LogP) is 2.16. The van der Waals surface area contributed by atoms with E-state index >= 15 is 0 Å². The van der Waals surface area contributed by atoms with Gasteiger partial charge in [-0.05, 0) is 26.9 Å². The summed E-state index contributed by atoms with van der Waals surface area (Å²) in [6, 6.07) is 0. The minimum Gasteiger partial charge on any atom is -0.466 e. The van der Waals surface area contributed by atoms with Crippen molar-refractivity contribution in [3.63, 3.8) is 0 Å². The summed E-state index contributed by atoms with van der Waals surface area (Å²) in [5.41, 5.74) is 2.74. The van der Waals surface area contributed by atoms with Gasteiger partial charge in [-0.2, -0.15) is 0 Å². The van der Waals surface area contributed by atoms with Crippen molar-refractivity contribution in [3.05, 3.63) is 22.3 Å². The van der Waals surface area contributed by atoms with Gasteiger partial charge in [-0.3, -0.25) is 4.79 Å². The van der Waals surface area contributed by atoms with Gasteiger partial charge in [-0.1, -0.05) is 19.1 Å². The molecule has 2 aliphatic heterocycles. The molecule has 24 heavy (non-hydrogen) atoms. The van der Waals surface area contributed by atoms with Crippen LogP contribution in [0.5, 0.6) is 0 Å². The first-order chi connectivity index (χ1) is 11.4. The maximum atomic E-state index is 12.3. The number of rotatable bonds is 6. The molecule has 0 amide bonds. The van der Waals surface area contributed by atoms with E-state index in [1.165, 1.54) is 14.2 Å². The third-order valence-corrected chi connectivity index (χ3v) is 7.99. The Hall–Kier alpha value is -1.68. The predicted molar refractivity (Wildman–Crippen MR) is 90.0 cm³/mol. The van der Waals surface area contributed by atoms with Gasteiger partial charge in [0.15, 0.2) is 0 Å². The summed E-state index contributed by atoms with van der Waals surface area (Å²) in [7, 11) is 1.83. The van der Waals surface area contributed by atoms with Crippen molar-refractivity contribution < 1.29 is 28.6 Å². The molecule has 0 aromatic carbocycles. The quantitative estimate of drug-likeness (QED) is 0.315. The van der Waals surface area contributed by atoms with Crippen LogP contribution in [0.15, 0.2) is 22.3 Å². The molecule has 6 nitrogen and oxygen atoms in total. The smallest absolute Gasteiger partial charge is 0.335 e. The summed E-state index contributed by atoms with van der Waals surface area (Å²) in [5, 5.41) is 0. The highest BCUT2D eigenvalue weighted by Crippen LogP contribution is 2.68. The third-order valence-electron chi connectivity index (χ3n) is 4.63. The van der Waals surface area contributed by atoms with Crippen LogP contribution in [-0.2, 0) is 28.6 Å². The van der Waals surface area contributed by atoms with Crippen molar-refractivity contribution in [2.45, 2.75) is 38.5 Å². The van der Waals surface area contributed by atoms with Gasteiger partial charge < -0.3 is 14.2 Å². The SMILES string of the molecule is CCOC(=O)CCP1C2C(C)=C(C)C1C(C(=O)OC)=C2C(=O)OC. The van der Waals surface area contributed by atoms with Crippen LogP contribution < -0.4 is 0 Å². The zero-order valence-corrected chi connectivity index (χ0v) is 15.6. The van der Waals surface area contributed by atoms with E-state index in [4.69, 9.17) is 14.2 Å². The number of allylic oxidation sites excluding steroid dienone is 2. The Morgan fingerprint density at radius 1 is 0.958 bits per heavy atom. The van der Waals surface area contributed by atoms with E-state index in [2.05, 4.69) is 0 Å². The van der Waals surface area contributed by atoms with Crippen LogP contribution in [0, 0.1) is 0 Å². The van der Waals surface area contributed by atoms with Crippen LogP contribution >= 0.6 is 7.92 Å². The Kier molecular flexibility index (Phi) is 5.81. The second-order valence-electron chi connectivity index (χ2n) is 5.77. The van der Waals surface area contributed by atoms with E-state index in [0.29, 0.717) is 23.9 Å². The van der Waals surface area contributed by atoms with E-state index in [-0.39, 0.29) is 23.7 Å². The van der Waals surface area contributed by atoms with Crippen molar-refractivity contribution in [2.24, 2.45) is 0 Å². The van der Waals surface area contributed by atoms with Gasteiger partial charge >= 0.3 is 17.9 Å². The van der Waals surface area contributed by atoms with E-state index in [1.807, 2.05) is 13.8 Å². The fraction of sp³-hybridized carbons (Fsp3) is 0.588. The number of ether oxygens (including phenoxy) is 3. The Morgan fingerprint density at radius 3 is 1.79 bits per heavy atom. The highest BCUT2D eigenvalue weighted by molar-refractivity contribution is 7.61. The van der Waals surface area contributed by atoms with Crippen LogP contribution in [0.25, 0.3) is 0 Å². The molecule has 2 atom stereocenters. The van der Waals surface area contributed by atoms with E-state index < -0.39 is 19.9 Å². The molecular weight excluding hydrogens is 331 g/mol. The molecule has 0 radical (unpaired) electrons. The van der Waals surface area contributed by atoms with Crippen molar-refractivity contribution in [3.8, 4) is 0 Å². The second-order valence-corrected chi connectivity index (χ2v) is 8.28. The van der Waals surface area contributed by atoms with Crippen LogP contribution in [0.2, 0.25) is 0 Å². The largest absolute Gasteiger partial charge is 0.466 e. The minimum atomic E-state index is -0.784. The van der Waals surface area contributed by atoms with Gasteiger partial charge in [-0.25, -0.2) is 9.59 Å². The van der Waals surface area contributed by atoms with Crippen molar-refractivity contribution in [2.75, 3.05) is 27.0 Å². The fourth-order valence-corrected chi connectivity index (χ4v) is 7.32. The molecule has 2 bridgehead atoms. The van der Waals surface area contributed by atoms with Crippen molar-refractivity contribution in [1.82, 2.24) is 0 Å². The molecule has 0 aliphatic carbocycles. The van der Waals surface area contributed by atoms with E-state index in [0.717, 1.165) is 11.1 Å². The normalized spacial score (nSPS) is 25.1. The molecule has 2 heterocycles.